The van der Waals surface area contributed by atoms with E-state index in [-0.39, 0.29) is 6.61 Å². The molecule has 0 aromatic heterocycles. The van der Waals surface area contributed by atoms with Gasteiger partial charge in [-0.25, -0.2) is 8.42 Å². The second kappa shape index (κ2) is 6.79. The summed E-state index contributed by atoms with van der Waals surface area (Å²) in [7, 11) is -3.49. The predicted octanol–water partition coefficient (Wildman–Crippen LogP) is 2.38. The quantitative estimate of drug-likeness (QED) is 0.875. The maximum Gasteiger partial charge on any atom is 0.243 e. The molecule has 1 aromatic rings. The Labute approximate surface area is 132 Å². The lowest BCUT2D eigenvalue weighted by atomic mass is 10.2. The van der Waals surface area contributed by atoms with Crippen LogP contribution in [0.2, 0.25) is 0 Å². The van der Waals surface area contributed by atoms with Gasteiger partial charge in [-0.05, 0) is 42.4 Å². The van der Waals surface area contributed by atoms with Crippen LogP contribution >= 0.6 is 27.7 Å². The van der Waals surface area contributed by atoms with Crippen LogP contribution in [0.1, 0.15) is 17.5 Å². The minimum atomic E-state index is -3.49. The molecule has 1 aliphatic rings. The maximum atomic E-state index is 12.8. The van der Waals surface area contributed by atoms with Gasteiger partial charge in [0.05, 0.1) is 11.5 Å². The smallest absolute Gasteiger partial charge is 0.243 e. The molecule has 20 heavy (non-hydrogen) atoms. The summed E-state index contributed by atoms with van der Waals surface area (Å²) in [5, 5.41) is 9.27. The van der Waals surface area contributed by atoms with Gasteiger partial charge in [-0.1, -0.05) is 15.9 Å². The highest BCUT2D eigenvalue weighted by atomic mass is 79.9. The number of rotatable bonds is 3. The van der Waals surface area contributed by atoms with Crippen LogP contribution in [0.15, 0.2) is 21.5 Å². The van der Waals surface area contributed by atoms with Crippen molar-refractivity contribution < 1.29 is 13.5 Å². The fourth-order valence-corrected chi connectivity index (χ4v) is 5.59. The topological polar surface area (TPSA) is 57.6 Å². The largest absolute Gasteiger partial charge is 0.392 e. The van der Waals surface area contributed by atoms with Gasteiger partial charge in [0.2, 0.25) is 10.0 Å². The number of aliphatic hydroxyl groups excluding tert-OH is 1. The Morgan fingerprint density at radius 1 is 1.35 bits per heavy atom. The van der Waals surface area contributed by atoms with E-state index in [0.717, 1.165) is 17.9 Å². The highest BCUT2D eigenvalue weighted by molar-refractivity contribution is 9.10. The van der Waals surface area contributed by atoms with Gasteiger partial charge in [-0.15, -0.1) is 0 Å². The number of halogens is 1. The summed E-state index contributed by atoms with van der Waals surface area (Å²) in [5.41, 5.74) is 1.30. The molecule has 0 aliphatic carbocycles. The van der Waals surface area contributed by atoms with E-state index in [1.165, 1.54) is 0 Å². The van der Waals surface area contributed by atoms with Crippen molar-refractivity contribution in [3.05, 3.63) is 27.7 Å². The highest BCUT2D eigenvalue weighted by Gasteiger charge is 2.27. The molecule has 7 heteroatoms. The van der Waals surface area contributed by atoms with Gasteiger partial charge in [-0.2, -0.15) is 16.1 Å². The zero-order chi connectivity index (χ0) is 14.8. The van der Waals surface area contributed by atoms with E-state index in [9.17, 15) is 13.5 Å². The molecule has 0 bridgehead atoms. The van der Waals surface area contributed by atoms with E-state index in [0.29, 0.717) is 33.6 Å². The van der Waals surface area contributed by atoms with Gasteiger partial charge < -0.3 is 5.11 Å². The summed E-state index contributed by atoms with van der Waals surface area (Å²) in [4.78, 5) is 0.294. The van der Waals surface area contributed by atoms with Gasteiger partial charge in [0.1, 0.15) is 0 Å². The Bertz CT molecular complexity index is 582. The standard InChI is InChI=1S/C13H18BrNO3S2/c1-10-12(14)7-11(9-16)8-13(10)20(17,18)15-3-2-5-19-6-4-15/h7-8,16H,2-6,9H2,1H3. The Morgan fingerprint density at radius 2 is 2.10 bits per heavy atom. The molecule has 0 amide bonds. The molecule has 1 aromatic carbocycles. The molecule has 0 unspecified atom stereocenters. The van der Waals surface area contributed by atoms with Gasteiger partial charge in [0, 0.05) is 23.3 Å². The first-order valence-electron chi connectivity index (χ1n) is 6.44. The molecular weight excluding hydrogens is 362 g/mol. The van der Waals surface area contributed by atoms with E-state index in [1.807, 2.05) is 0 Å². The van der Waals surface area contributed by atoms with Crippen molar-refractivity contribution >= 4 is 37.7 Å². The molecule has 1 N–H and O–H groups in total. The van der Waals surface area contributed by atoms with Crippen molar-refractivity contribution in [3.63, 3.8) is 0 Å². The predicted molar refractivity (Wildman–Crippen MR) is 85.5 cm³/mol. The van der Waals surface area contributed by atoms with Crippen LogP contribution in [-0.2, 0) is 16.6 Å². The normalized spacial score (nSPS) is 17.9. The first-order valence-corrected chi connectivity index (χ1v) is 9.83. The monoisotopic (exact) mass is 379 g/mol. The third-order valence-corrected chi connectivity index (χ3v) is 7.24. The first-order chi connectivity index (χ1) is 9.46. The molecule has 0 saturated carbocycles. The van der Waals surface area contributed by atoms with Gasteiger partial charge >= 0.3 is 0 Å². The van der Waals surface area contributed by atoms with Crippen LogP contribution in [0.3, 0.4) is 0 Å². The Morgan fingerprint density at radius 3 is 2.80 bits per heavy atom. The Hall–Kier alpha value is -0.0800. The fourth-order valence-electron chi connectivity index (χ4n) is 2.17. The lowest BCUT2D eigenvalue weighted by Gasteiger charge is -2.21. The van der Waals surface area contributed by atoms with E-state index in [4.69, 9.17) is 0 Å². The number of sulfonamides is 1. The second-order valence-electron chi connectivity index (χ2n) is 4.73. The molecule has 0 radical (unpaired) electrons. The van der Waals surface area contributed by atoms with Crippen molar-refractivity contribution in [3.8, 4) is 0 Å². The molecule has 1 fully saturated rings. The third kappa shape index (κ3) is 3.39. The van der Waals surface area contributed by atoms with Crippen LogP contribution in [0.25, 0.3) is 0 Å². The average molecular weight is 380 g/mol. The molecule has 0 spiro atoms. The van der Waals surface area contributed by atoms with Gasteiger partial charge in [0.15, 0.2) is 0 Å². The molecule has 4 nitrogen and oxygen atoms in total. The number of hydrogen-bond acceptors (Lipinski definition) is 4. The van der Waals surface area contributed by atoms with Crippen molar-refractivity contribution in [2.75, 3.05) is 24.6 Å². The SMILES string of the molecule is Cc1c(Br)cc(CO)cc1S(=O)(=O)N1CCCSCC1. The maximum absolute atomic E-state index is 12.8. The Kier molecular flexibility index (Phi) is 5.53. The molecule has 2 rings (SSSR count). The fraction of sp³-hybridized carbons (Fsp3) is 0.538. The molecule has 1 aliphatic heterocycles. The van der Waals surface area contributed by atoms with Crippen LogP contribution in [0.4, 0.5) is 0 Å². The number of nitrogens with zero attached hydrogens (tertiary/aromatic N) is 1. The summed E-state index contributed by atoms with van der Waals surface area (Å²) in [6, 6.07) is 3.33. The van der Waals surface area contributed by atoms with Crippen LogP contribution < -0.4 is 0 Å². The number of thioether (sulfide) groups is 1. The molecule has 112 valence electrons. The number of aliphatic hydroxyl groups is 1. The van der Waals surface area contributed by atoms with Crippen molar-refractivity contribution in [1.29, 1.82) is 0 Å². The van der Waals surface area contributed by atoms with Crippen LogP contribution in [0.5, 0.6) is 0 Å². The molecule has 1 saturated heterocycles. The van der Waals surface area contributed by atoms with Gasteiger partial charge in [0.25, 0.3) is 0 Å². The minimum Gasteiger partial charge on any atom is -0.392 e. The van der Waals surface area contributed by atoms with Gasteiger partial charge in [-0.3, -0.25) is 0 Å². The number of benzene rings is 1. The lowest BCUT2D eigenvalue weighted by molar-refractivity contribution is 0.281. The molecular formula is C13H18BrNO3S2. The van der Waals surface area contributed by atoms with Crippen LogP contribution in [-0.4, -0.2) is 42.4 Å². The Balaban J connectivity index is 2.45. The van der Waals surface area contributed by atoms with Crippen LogP contribution in [0, 0.1) is 6.92 Å². The lowest BCUT2D eigenvalue weighted by Crippen LogP contribution is -2.33. The minimum absolute atomic E-state index is 0.169. The zero-order valence-electron chi connectivity index (χ0n) is 11.3. The van der Waals surface area contributed by atoms with Crippen molar-refractivity contribution in [2.24, 2.45) is 0 Å². The number of hydrogen-bond donors (Lipinski definition) is 1. The summed E-state index contributed by atoms with van der Waals surface area (Å²) in [5.74, 6) is 1.84. The molecule has 1 heterocycles. The third-order valence-electron chi connectivity index (χ3n) is 3.34. The summed E-state index contributed by atoms with van der Waals surface area (Å²) >= 11 is 5.16. The summed E-state index contributed by atoms with van der Waals surface area (Å²) < 4.78 is 27.9. The summed E-state index contributed by atoms with van der Waals surface area (Å²) in [6.45, 7) is 2.73. The average Bonchev–Trinajstić information content (AvgIpc) is 2.70. The second-order valence-corrected chi connectivity index (χ2v) is 8.71. The highest BCUT2D eigenvalue weighted by Crippen LogP contribution is 2.29. The first kappa shape index (κ1) is 16.3. The zero-order valence-corrected chi connectivity index (χ0v) is 14.5. The van der Waals surface area contributed by atoms with E-state index in [1.54, 1.807) is 35.1 Å². The van der Waals surface area contributed by atoms with Crippen molar-refractivity contribution in [2.45, 2.75) is 24.8 Å². The van der Waals surface area contributed by atoms with E-state index in [2.05, 4.69) is 15.9 Å². The summed E-state index contributed by atoms with van der Waals surface area (Å²) in [6.07, 6.45) is 0.879. The van der Waals surface area contributed by atoms with Crippen molar-refractivity contribution in [1.82, 2.24) is 4.31 Å². The molecule has 0 atom stereocenters. The van der Waals surface area contributed by atoms with E-state index >= 15 is 0 Å². The van der Waals surface area contributed by atoms with E-state index < -0.39 is 10.0 Å².